The van der Waals surface area contributed by atoms with Crippen LogP contribution in [0.3, 0.4) is 0 Å². The zero-order chi connectivity index (χ0) is 21.7. The molecule has 0 fully saturated rings. The summed E-state index contributed by atoms with van der Waals surface area (Å²) in [5.74, 6) is 1.90. The minimum Gasteiger partial charge on any atom is -0.490 e. The van der Waals surface area contributed by atoms with Gasteiger partial charge >= 0.3 is 0 Å². The molecule has 3 aromatic rings. The molecule has 8 heteroatoms. The molecule has 0 aliphatic carbocycles. The van der Waals surface area contributed by atoms with Crippen LogP contribution in [0.2, 0.25) is 0 Å². The van der Waals surface area contributed by atoms with E-state index >= 15 is 0 Å². The predicted octanol–water partition coefficient (Wildman–Crippen LogP) is 5.55. The van der Waals surface area contributed by atoms with Crippen LogP contribution in [0.15, 0.2) is 49.2 Å². The summed E-state index contributed by atoms with van der Waals surface area (Å²) < 4.78 is 14.4. The quantitative estimate of drug-likeness (QED) is 0.354. The second kappa shape index (κ2) is 10.2. The first-order valence-electron chi connectivity index (χ1n) is 9.83. The highest BCUT2D eigenvalue weighted by Gasteiger charge is 2.13. The first kappa shape index (κ1) is 22.5. The van der Waals surface area contributed by atoms with Crippen molar-refractivity contribution in [1.29, 1.82) is 0 Å². The van der Waals surface area contributed by atoms with Gasteiger partial charge in [0.1, 0.15) is 5.82 Å². The summed E-state index contributed by atoms with van der Waals surface area (Å²) in [5.41, 5.74) is 1.24. The van der Waals surface area contributed by atoms with Gasteiger partial charge in [-0.25, -0.2) is 4.98 Å². The minimum absolute atomic E-state index is 0.198. The van der Waals surface area contributed by atoms with Crippen LogP contribution in [-0.4, -0.2) is 29.1 Å². The third-order valence-corrected chi connectivity index (χ3v) is 5.37. The highest BCUT2D eigenvalue weighted by atomic mass is 79.9. The Hall–Kier alpha value is -2.19. The van der Waals surface area contributed by atoms with Gasteiger partial charge in [0.2, 0.25) is 0 Å². The molecule has 0 radical (unpaired) electrons. The van der Waals surface area contributed by atoms with E-state index in [1.165, 1.54) is 4.68 Å². The van der Waals surface area contributed by atoms with E-state index in [4.69, 9.17) is 9.47 Å². The Kier molecular flexibility index (Phi) is 7.66. The van der Waals surface area contributed by atoms with Crippen molar-refractivity contribution in [3.63, 3.8) is 0 Å². The Balaban J connectivity index is 2.10. The molecule has 0 saturated heterocycles. The van der Waals surface area contributed by atoms with E-state index in [-0.39, 0.29) is 5.56 Å². The van der Waals surface area contributed by atoms with Crippen molar-refractivity contribution in [2.45, 2.75) is 33.6 Å². The van der Waals surface area contributed by atoms with E-state index in [2.05, 4.69) is 41.9 Å². The molecule has 0 amide bonds. The highest BCUT2D eigenvalue weighted by Crippen LogP contribution is 2.36. The van der Waals surface area contributed by atoms with Crippen molar-refractivity contribution in [1.82, 2.24) is 9.66 Å². The zero-order valence-corrected chi connectivity index (χ0v) is 20.3. The van der Waals surface area contributed by atoms with Crippen molar-refractivity contribution < 1.29 is 9.47 Å². The maximum Gasteiger partial charge on any atom is 0.282 e. The lowest BCUT2D eigenvalue weighted by molar-refractivity contribution is 0.286. The summed E-state index contributed by atoms with van der Waals surface area (Å²) in [6, 6.07) is 9.22. The van der Waals surface area contributed by atoms with Crippen LogP contribution in [0.25, 0.3) is 10.9 Å². The summed E-state index contributed by atoms with van der Waals surface area (Å²) in [5, 5.41) is 4.99. The molecule has 158 valence electrons. The number of fused-ring (bicyclic) bond motifs is 1. The smallest absolute Gasteiger partial charge is 0.282 e. The van der Waals surface area contributed by atoms with E-state index in [1.807, 2.05) is 45.0 Å². The fourth-order valence-electron chi connectivity index (χ4n) is 3.03. The van der Waals surface area contributed by atoms with Crippen LogP contribution >= 0.6 is 31.9 Å². The Labute approximate surface area is 192 Å². The molecule has 0 bridgehead atoms. The third kappa shape index (κ3) is 4.92. The average Bonchev–Trinajstić information content (AvgIpc) is 2.71. The molecule has 0 saturated carbocycles. The monoisotopic (exact) mass is 535 g/mol. The molecule has 2 aromatic carbocycles. The van der Waals surface area contributed by atoms with Crippen molar-refractivity contribution in [3.05, 3.63) is 61.0 Å². The fourth-order valence-corrected chi connectivity index (χ4v) is 3.97. The van der Waals surface area contributed by atoms with Crippen molar-refractivity contribution >= 4 is 49.0 Å². The van der Waals surface area contributed by atoms with Gasteiger partial charge in [0, 0.05) is 10.9 Å². The molecule has 0 aliphatic heterocycles. The van der Waals surface area contributed by atoms with Gasteiger partial charge in [-0.3, -0.25) is 4.79 Å². The number of halogens is 2. The van der Waals surface area contributed by atoms with Crippen LogP contribution in [0.1, 0.15) is 38.6 Å². The molecular formula is C22H23Br2N3O3. The molecule has 1 aromatic heterocycles. The van der Waals surface area contributed by atoms with Crippen molar-refractivity contribution in [2.75, 3.05) is 13.2 Å². The number of aryl methyl sites for hydroxylation is 1. The van der Waals surface area contributed by atoms with Gasteiger partial charge in [0.15, 0.2) is 11.5 Å². The number of ether oxygens (including phenoxy) is 2. The Morgan fingerprint density at radius 1 is 1.10 bits per heavy atom. The summed E-state index contributed by atoms with van der Waals surface area (Å²) >= 11 is 6.96. The summed E-state index contributed by atoms with van der Waals surface area (Å²) in [7, 11) is 0. The normalized spacial score (nSPS) is 11.4. The molecule has 30 heavy (non-hydrogen) atoms. The van der Waals surface area contributed by atoms with Crippen LogP contribution in [0, 0.1) is 0 Å². The van der Waals surface area contributed by atoms with E-state index in [0.29, 0.717) is 47.9 Å². The Morgan fingerprint density at radius 2 is 1.87 bits per heavy atom. The minimum atomic E-state index is -0.198. The van der Waals surface area contributed by atoms with Crippen LogP contribution in [0.4, 0.5) is 0 Å². The van der Waals surface area contributed by atoms with Crippen LogP contribution in [0.5, 0.6) is 11.5 Å². The van der Waals surface area contributed by atoms with Gasteiger partial charge in [-0.05, 0) is 72.1 Å². The molecule has 6 nitrogen and oxygen atoms in total. The van der Waals surface area contributed by atoms with Gasteiger partial charge in [-0.1, -0.05) is 22.9 Å². The Morgan fingerprint density at radius 3 is 2.57 bits per heavy atom. The maximum absolute atomic E-state index is 13.1. The predicted molar refractivity (Wildman–Crippen MR) is 127 cm³/mol. The van der Waals surface area contributed by atoms with Gasteiger partial charge < -0.3 is 9.47 Å². The third-order valence-electron chi connectivity index (χ3n) is 4.29. The van der Waals surface area contributed by atoms with Gasteiger partial charge in [0.25, 0.3) is 5.56 Å². The average molecular weight is 537 g/mol. The molecule has 0 unspecified atom stereocenters. The van der Waals surface area contributed by atoms with E-state index in [9.17, 15) is 4.79 Å². The number of hydrogen-bond donors (Lipinski definition) is 0. The Bertz CT molecular complexity index is 1140. The van der Waals surface area contributed by atoms with Gasteiger partial charge in [0.05, 0.1) is 34.8 Å². The molecular weight excluding hydrogens is 514 g/mol. The number of benzene rings is 2. The molecule has 0 spiro atoms. The van der Waals surface area contributed by atoms with E-state index < -0.39 is 0 Å². The summed E-state index contributed by atoms with van der Waals surface area (Å²) in [4.78, 5) is 17.8. The molecule has 0 aliphatic rings. The highest BCUT2D eigenvalue weighted by molar-refractivity contribution is 9.10. The lowest BCUT2D eigenvalue weighted by Gasteiger charge is -2.13. The standard InChI is InChI=1S/C22H23Br2N3O3/c1-4-7-20-26-18-9-8-15(23)12-16(18)22(28)27(20)25-13-14-10-17(24)21(30-6-3)19(11-14)29-5-2/h8-13H,4-7H2,1-3H3. The number of aromatic nitrogens is 2. The second-order valence-electron chi connectivity index (χ2n) is 6.50. The van der Waals surface area contributed by atoms with E-state index in [1.54, 1.807) is 12.3 Å². The maximum atomic E-state index is 13.1. The largest absolute Gasteiger partial charge is 0.490 e. The fraction of sp³-hybridized carbons (Fsp3) is 0.318. The number of rotatable bonds is 8. The van der Waals surface area contributed by atoms with E-state index in [0.717, 1.165) is 20.9 Å². The van der Waals surface area contributed by atoms with Crippen LogP contribution in [-0.2, 0) is 6.42 Å². The van der Waals surface area contributed by atoms with Crippen molar-refractivity contribution in [2.24, 2.45) is 5.10 Å². The van der Waals surface area contributed by atoms with Crippen molar-refractivity contribution in [3.8, 4) is 11.5 Å². The molecule has 0 N–H and O–H groups in total. The first-order chi connectivity index (χ1) is 14.5. The zero-order valence-electron chi connectivity index (χ0n) is 17.1. The second-order valence-corrected chi connectivity index (χ2v) is 8.27. The van der Waals surface area contributed by atoms with Gasteiger partial charge in [-0.2, -0.15) is 9.78 Å². The lowest BCUT2D eigenvalue weighted by Crippen LogP contribution is -2.22. The molecule has 3 rings (SSSR count). The van der Waals surface area contributed by atoms with Crippen LogP contribution < -0.4 is 15.0 Å². The van der Waals surface area contributed by atoms with Gasteiger partial charge in [-0.15, -0.1) is 0 Å². The number of nitrogens with zero attached hydrogens (tertiary/aromatic N) is 3. The molecule has 1 heterocycles. The topological polar surface area (TPSA) is 65.7 Å². The summed E-state index contributed by atoms with van der Waals surface area (Å²) in [6.07, 6.45) is 3.14. The number of hydrogen-bond acceptors (Lipinski definition) is 5. The SMILES string of the molecule is CCCc1nc2ccc(Br)cc2c(=O)n1N=Cc1cc(Br)c(OCC)c(OCC)c1. The first-order valence-corrected chi connectivity index (χ1v) is 11.4. The summed E-state index contributed by atoms with van der Waals surface area (Å²) in [6.45, 7) is 6.92. The molecule has 0 atom stereocenters. The lowest BCUT2D eigenvalue weighted by atomic mass is 10.2.